The molecule has 0 bridgehead atoms. The first-order valence-corrected chi connectivity index (χ1v) is 5.74. The minimum atomic E-state index is -0.399. The summed E-state index contributed by atoms with van der Waals surface area (Å²) in [4.78, 5) is 14.6. The number of aryl methyl sites for hydroxylation is 1. The summed E-state index contributed by atoms with van der Waals surface area (Å²) in [5.74, 6) is 0.497. The van der Waals surface area contributed by atoms with E-state index in [2.05, 4.69) is 24.1 Å². The van der Waals surface area contributed by atoms with Crippen molar-refractivity contribution in [3.05, 3.63) is 33.6 Å². The topological polar surface area (TPSA) is 68.1 Å². The summed E-state index contributed by atoms with van der Waals surface area (Å²) >= 11 is 0. The highest BCUT2D eigenvalue weighted by atomic mass is 16.6. The van der Waals surface area contributed by atoms with E-state index in [4.69, 9.17) is 0 Å². The summed E-state index contributed by atoms with van der Waals surface area (Å²) in [6.45, 7) is 5.95. The number of hydrogen-bond acceptors (Lipinski definition) is 4. The standard InChI is InChI=1S/C12H19N3O2/c1-8(2)11(13-4)7-10-5-6-12(15(16)17)9(3)14-10/h5-6,8,11,13H,7H2,1-4H3. The maximum atomic E-state index is 10.7. The zero-order valence-electron chi connectivity index (χ0n) is 10.7. The summed E-state index contributed by atoms with van der Waals surface area (Å²) in [5.41, 5.74) is 1.45. The highest BCUT2D eigenvalue weighted by molar-refractivity contribution is 5.35. The van der Waals surface area contributed by atoms with Crippen LogP contribution in [0.2, 0.25) is 0 Å². The minimum absolute atomic E-state index is 0.0827. The Bertz CT molecular complexity index is 405. The fourth-order valence-corrected chi connectivity index (χ4v) is 1.81. The van der Waals surface area contributed by atoms with Crippen LogP contribution in [0.4, 0.5) is 5.69 Å². The molecule has 0 radical (unpaired) electrons. The lowest BCUT2D eigenvalue weighted by atomic mass is 9.99. The molecule has 0 saturated heterocycles. The fraction of sp³-hybridized carbons (Fsp3) is 0.583. The van der Waals surface area contributed by atoms with Crippen LogP contribution in [-0.2, 0) is 6.42 Å². The zero-order valence-corrected chi connectivity index (χ0v) is 10.7. The van der Waals surface area contributed by atoms with E-state index in [1.165, 1.54) is 6.07 Å². The first-order chi connectivity index (χ1) is 7.95. The second-order valence-electron chi connectivity index (χ2n) is 4.51. The van der Waals surface area contributed by atoms with Gasteiger partial charge in [0.05, 0.1) is 4.92 Å². The Labute approximate surface area is 101 Å². The third kappa shape index (κ3) is 3.49. The van der Waals surface area contributed by atoms with Gasteiger partial charge in [-0.1, -0.05) is 13.8 Å². The molecule has 0 aromatic carbocycles. The van der Waals surface area contributed by atoms with Crippen molar-refractivity contribution in [1.29, 1.82) is 0 Å². The molecule has 1 rings (SSSR count). The first kappa shape index (κ1) is 13.6. The number of nitrogens with zero attached hydrogens (tertiary/aromatic N) is 2. The van der Waals surface area contributed by atoms with E-state index in [1.54, 1.807) is 13.0 Å². The average molecular weight is 237 g/mol. The van der Waals surface area contributed by atoms with Gasteiger partial charge in [0.2, 0.25) is 0 Å². The Hall–Kier alpha value is -1.49. The van der Waals surface area contributed by atoms with E-state index < -0.39 is 4.92 Å². The van der Waals surface area contributed by atoms with Crippen LogP contribution in [0, 0.1) is 23.0 Å². The number of aromatic nitrogens is 1. The molecule has 0 aliphatic heterocycles. The molecule has 0 aliphatic rings. The zero-order chi connectivity index (χ0) is 13.0. The molecule has 0 spiro atoms. The van der Waals surface area contributed by atoms with E-state index in [0.29, 0.717) is 17.7 Å². The molecule has 1 aromatic heterocycles. The minimum Gasteiger partial charge on any atom is -0.316 e. The lowest BCUT2D eigenvalue weighted by Gasteiger charge is -2.19. The van der Waals surface area contributed by atoms with E-state index in [9.17, 15) is 10.1 Å². The summed E-state index contributed by atoms with van der Waals surface area (Å²) in [7, 11) is 1.92. The van der Waals surface area contributed by atoms with Gasteiger partial charge in [-0.15, -0.1) is 0 Å². The van der Waals surface area contributed by atoms with Crippen LogP contribution in [0.5, 0.6) is 0 Å². The predicted octanol–water partition coefficient (Wildman–Crippen LogP) is 2.08. The van der Waals surface area contributed by atoms with E-state index in [0.717, 1.165) is 12.1 Å². The molecular weight excluding hydrogens is 218 g/mol. The normalized spacial score (nSPS) is 12.8. The molecule has 1 heterocycles. The van der Waals surface area contributed by atoms with Crippen LogP contribution in [-0.4, -0.2) is 23.0 Å². The molecule has 0 aliphatic carbocycles. The van der Waals surface area contributed by atoms with Gasteiger partial charge in [-0.25, -0.2) is 0 Å². The van der Waals surface area contributed by atoms with Gasteiger partial charge in [0.25, 0.3) is 5.69 Å². The van der Waals surface area contributed by atoms with E-state index in [-0.39, 0.29) is 5.69 Å². The van der Waals surface area contributed by atoms with Gasteiger partial charge in [0.15, 0.2) is 0 Å². The van der Waals surface area contributed by atoms with Gasteiger partial charge in [0, 0.05) is 24.2 Å². The predicted molar refractivity (Wildman–Crippen MR) is 67.0 cm³/mol. The van der Waals surface area contributed by atoms with Crippen LogP contribution in [0.1, 0.15) is 25.2 Å². The Morgan fingerprint density at radius 3 is 2.53 bits per heavy atom. The van der Waals surface area contributed by atoms with Crippen molar-refractivity contribution >= 4 is 5.69 Å². The number of hydrogen-bond donors (Lipinski definition) is 1. The number of nitro groups is 1. The smallest absolute Gasteiger partial charge is 0.290 e. The Morgan fingerprint density at radius 2 is 2.12 bits per heavy atom. The Morgan fingerprint density at radius 1 is 1.47 bits per heavy atom. The highest BCUT2D eigenvalue weighted by Gasteiger charge is 2.15. The number of likely N-dealkylation sites (N-methyl/N-ethyl adjacent to an activating group) is 1. The van der Waals surface area contributed by atoms with Gasteiger partial charge in [0.1, 0.15) is 5.69 Å². The number of nitrogens with one attached hydrogen (secondary N) is 1. The maximum absolute atomic E-state index is 10.7. The van der Waals surface area contributed by atoms with Crippen LogP contribution in [0.15, 0.2) is 12.1 Å². The molecule has 1 N–H and O–H groups in total. The van der Waals surface area contributed by atoms with Gasteiger partial charge in [-0.3, -0.25) is 15.1 Å². The quantitative estimate of drug-likeness (QED) is 0.629. The third-order valence-electron chi connectivity index (χ3n) is 2.92. The highest BCUT2D eigenvalue weighted by Crippen LogP contribution is 2.17. The number of pyridine rings is 1. The van der Waals surface area contributed by atoms with Crippen LogP contribution in [0.3, 0.4) is 0 Å². The van der Waals surface area contributed by atoms with Gasteiger partial charge in [-0.2, -0.15) is 0 Å². The fourth-order valence-electron chi connectivity index (χ4n) is 1.81. The van der Waals surface area contributed by atoms with Crippen LogP contribution >= 0.6 is 0 Å². The summed E-state index contributed by atoms with van der Waals surface area (Å²) in [5, 5.41) is 13.9. The van der Waals surface area contributed by atoms with Crippen LogP contribution in [0.25, 0.3) is 0 Å². The lowest BCUT2D eigenvalue weighted by Crippen LogP contribution is -2.33. The number of rotatable bonds is 5. The summed E-state index contributed by atoms with van der Waals surface area (Å²) in [6, 6.07) is 3.60. The molecule has 94 valence electrons. The summed E-state index contributed by atoms with van der Waals surface area (Å²) in [6.07, 6.45) is 0.785. The first-order valence-electron chi connectivity index (χ1n) is 5.74. The molecule has 0 fully saturated rings. The molecule has 0 amide bonds. The third-order valence-corrected chi connectivity index (χ3v) is 2.92. The van der Waals surface area contributed by atoms with Crippen molar-refractivity contribution < 1.29 is 4.92 Å². The molecule has 0 saturated carbocycles. The average Bonchev–Trinajstić information content (AvgIpc) is 2.24. The molecular formula is C12H19N3O2. The van der Waals surface area contributed by atoms with Crippen molar-refractivity contribution in [2.45, 2.75) is 33.2 Å². The molecule has 5 heteroatoms. The second kappa shape index (κ2) is 5.72. The van der Waals surface area contributed by atoms with Gasteiger partial charge < -0.3 is 5.32 Å². The SMILES string of the molecule is CNC(Cc1ccc([N+](=O)[O-])c(C)n1)C(C)C. The van der Waals surface area contributed by atoms with E-state index >= 15 is 0 Å². The maximum Gasteiger partial charge on any atom is 0.290 e. The second-order valence-corrected chi connectivity index (χ2v) is 4.51. The van der Waals surface area contributed by atoms with Crippen molar-refractivity contribution in [3.63, 3.8) is 0 Å². The molecule has 1 aromatic rings. The largest absolute Gasteiger partial charge is 0.316 e. The van der Waals surface area contributed by atoms with Crippen LogP contribution < -0.4 is 5.32 Å². The van der Waals surface area contributed by atoms with Crippen molar-refractivity contribution in [2.75, 3.05) is 7.05 Å². The molecule has 5 nitrogen and oxygen atoms in total. The van der Waals surface area contributed by atoms with Crippen molar-refractivity contribution in [1.82, 2.24) is 10.3 Å². The monoisotopic (exact) mass is 237 g/mol. The van der Waals surface area contributed by atoms with Gasteiger partial charge in [-0.05, 0) is 26.0 Å². The van der Waals surface area contributed by atoms with E-state index in [1.807, 2.05) is 7.05 Å². The summed E-state index contributed by atoms with van der Waals surface area (Å²) < 4.78 is 0. The molecule has 1 atom stereocenters. The Kier molecular flexibility index (Phi) is 4.57. The van der Waals surface area contributed by atoms with Crippen molar-refractivity contribution in [2.24, 2.45) is 5.92 Å². The Balaban J connectivity index is 2.87. The molecule has 1 unspecified atom stereocenters. The van der Waals surface area contributed by atoms with Gasteiger partial charge >= 0.3 is 0 Å². The molecule has 17 heavy (non-hydrogen) atoms. The van der Waals surface area contributed by atoms with Crippen molar-refractivity contribution in [3.8, 4) is 0 Å². The lowest BCUT2D eigenvalue weighted by molar-refractivity contribution is -0.385.